The number of rotatable bonds is 3. The highest BCUT2D eigenvalue weighted by molar-refractivity contribution is 7.10. The first-order valence-electron chi connectivity index (χ1n) is 6.44. The van der Waals surface area contributed by atoms with Crippen LogP contribution in [0.25, 0.3) is 0 Å². The molecule has 0 spiro atoms. The summed E-state index contributed by atoms with van der Waals surface area (Å²) < 4.78 is 5.21. The topological polar surface area (TPSA) is 67.0 Å². The zero-order valence-electron chi connectivity index (χ0n) is 11.3. The number of fused-ring (bicyclic) bond motifs is 1. The number of anilines is 1. The molecule has 0 saturated carbocycles. The van der Waals surface area contributed by atoms with Crippen molar-refractivity contribution in [1.29, 1.82) is 0 Å². The van der Waals surface area contributed by atoms with Crippen molar-refractivity contribution in [3.05, 3.63) is 45.4 Å². The van der Waals surface area contributed by atoms with E-state index in [0.29, 0.717) is 12.2 Å². The number of H-pyrrole nitrogens is 1. The first-order chi connectivity index (χ1) is 9.72. The van der Waals surface area contributed by atoms with E-state index in [1.807, 2.05) is 31.4 Å². The zero-order valence-corrected chi connectivity index (χ0v) is 12.1. The molecular weight excluding hydrogens is 274 g/mol. The minimum Gasteiger partial charge on any atom is -0.463 e. The molecule has 0 saturated heterocycles. The SMILES string of the molecule is CCOC(=O)C1=C(C)Nc2[nH]ncc2C1c1cccs1. The fourth-order valence-corrected chi connectivity index (χ4v) is 3.32. The first-order valence-corrected chi connectivity index (χ1v) is 7.32. The Hall–Kier alpha value is -2.08. The van der Waals surface area contributed by atoms with Gasteiger partial charge < -0.3 is 10.1 Å². The van der Waals surface area contributed by atoms with E-state index in [4.69, 9.17) is 4.74 Å². The van der Waals surface area contributed by atoms with Gasteiger partial charge in [-0.05, 0) is 25.3 Å². The molecule has 1 aliphatic heterocycles. The summed E-state index contributed by atoms with van der Waals surface area (Å²) in [7, 11) is 0. The van der Waals surface area contributed by atoms with Crippen LogP contribution in [-0.4, -0.2) is 22.8 Å². The molecule has 0 fully saturated rings. The third kappa shape index (κ3) is 2.02. The minimum atomic E-state index is -0.275. The maximum absolute atomic E-state index is 12.3. The van der Waals surface area contributed by atoms with Crippen LogP contribution in [0.4, 0.5) is 5.82 Å². The lowest BCUT2D eigenvalue weighted by molar-refractivity contribution is -0.138. The molecule has 20 heavy (non-hydrogen) atoms. The van der Waals surface area contributed by atoms with E-state index in [1.54, 1.807) is 17.5 Å². The van der Waals surface area contributed by atoms with E-state index in [1.165, 1.54) is 0 Å². The Morgan fingerprint density at radius 3 is 3.10 bits per heavy atom. The third-order valence-corrected chi connectivity index (χ3v) is 4.25. The predicted octanol–water partition coefficient (Wildman–Crippen LogP) is 2.87. The number of nitrogens with zero attached hydrogens (tertiary/aromatic N) is 1. The molecule has 2 N–H and O–H groups in total. The molecule has 104 valence electrons. The number of aromatic amines is 1. The Labute approximate surface area is 120 Å². The molecule has 0 aliphatic carbocycles. The molecule has 0 bridgehead atoms. The maximum atomic E-state index is 12.3. The molecule has 1 atom stereocenters. The van der Waals surface area contributed by atoms with Crippen LogP contribution in [0.2, 0.25) is 0 Å². The Morgan fingerprint density at radius 2 is 2.40 bits per heavy atom. The van der Waals surface area contributed by atoms with Gasteiger partial charge in [0.25, 0.3) is 0 Å². The molecule has 6 heteroatoms. The summed E-state index contributed by atoms with van der Waals surface area (Å²) in [5.74, 6) is 0.445. The van der Waals surface area contributed by atoms with Crippen LogP contribution < -0.4 is 5.32 Å². The molecule has 5 nitrogen and oxygen atoms in total. The fraction of sp³-hybridized carbons (Fsp3) is 0.286. The average molecular weight is 289 g/mol. The van der Waals surface area contributed by atoms with Gasteiger partial charge in [0.05, 0.1) is 24.3 Å². The van der Waals surface area contributed by atoms with Crippen LogP contribution in [0.1, 0.15) is 30.2 Å². The maximum Gasteiger partial charge on any atom is 0.336 e. The monoisotopic (exact) mass is 289 g/mol. The van der Waals surface area contributed by atoms with E-state index < -0.39 is 0 Å². The summed E-state index contributed by atoms with van der Waals surface area (Å²) in [4.78, 5) is 13.4. The smallest absolute Gasteiger partial charge is 0.336 e. The van der Waals surface area contributed by atoms with Gasteiger partial charge >= 0.3 is 5.97 Å². The van der Waals surface area contributed by atoms with Crippen molar-refractivity contribution in [2.75, 3.05) is 11.9 Å². The lowest BCUT2D eigenvalue weighted by Gasteiger charge is -2.26. The standard InChI is InChI=1S/C14H15N3O2S/c1-3-19-14(18)11-8(2)16-13-9(7-15-17-13)12(11)10-5-4-6-20-10/h4-7,12H,3H2,1-2H3,(H2,15,16,17). The Balaban J connectivity index is 2.12. The summed E-state index contributed by atoms with van der Waals surface area (Å²) in [6, 6.07) is 4.02. The highest BCUT2D eigenvalue weighted by Gasteiger charge is 2.34. The highest BCUT2D eigenvalue weighted by atomic mass is 32.1. The van der Waals surface area contributed by atoms with E-state index >= 15 is 0 Å². The summed E-state index contributed by atoms with van der Waals surface area (Å²) in [5.41, 5.74) is 2.43. The highest BCUT2D eigenvalue weighted by Crippen LogP contribution is 2.42. The number of hydrogen-bond donors (Lipinski definition) is 2. The third-order valence-electron chi connectivity index (χ3n) is 3.31. The van der Waals surface area contributed by atoms with Crippen LogP contribution in [0.5, 0.6) is 0 Å². The summed E-state index contributed by atoms with van der Waals surface area (Å²) in [5, 5.41) is 12.2. The van der Waals surface area contributed by atoms with Crippen molar-refractivity contribution in [3.63, 3.8) is 0 Å². The van der Waals surface area contributed by atoms with Gasteiger partial charge in [0.2, 0.25) is 0 Å². The van der Waals surface area contributed by atoms with Crippen LogP contribution in [0, 0.1) is 0 Å². The van der Waals surface area contributed by atoms with E-state index in [0.717, 1.165) is 22.0 Å². The van der Waals surface area contributed by atoms with E-state index in [2.05, 4.69) is 15.5 Å². The average Bonchev–Trinajstić information content (AvgIpc) is 3.07. The normalized spacial score (nSPS) is 17.6. The number of hydrogen-bond acceptors (Lipinski definition) is 5. The minimum absolute atomic E-state index is 0.121. The lowest BCUT2D eigenvalue weighted by atomic mass is 9.87. The largest absolute Gasteiger partial charge is 0.463 e. The summed E-state index contributed by atoms with van der Waals surface area (Å²) >= 11 is 1.63. The number of ether oxygens (including phenoxy) is 1. The number of aromatic nitrogens is 2. The van der Waals surface area contributed by atoms with Crippen molar-refractivity contribution < 1.29 is 9.53 Å². The van der Waals surface area contributed by atoms with E-state index in [9.17, 15) is 4.79 Å². The van der Waals surface area contributed by atoms with Gasteiger partial charge in [-0.1, -0.05) is 6.07 Å². The molecule has 3 rings (SSSR count). The molecule has 1 unspecified atom stereocenters. The van der Waals surface area contributed by atoms with Crippen LogP contribution in [-0.2, 0) is 9.53 Å². The number of esters is 1. The van der Waals surface area contributed by atoms with Gasteiger partial charge in [-0.2, -0.15) is 5.10 Å². The Kier molecular flexibility index (Phi) is 3.31. The zero-order chi connectivity index (χ0) is 14.1. The number of nitrogens with one attached hydrogen (secondary N) is 2. The van der Waals surface area contributed by atoms with Crippen molar-refractivity contribution in [3.8, 4) is 0 Å². The molecule has 0 radical (unpaired) electrons. The van der Waals surface area contributed by atoms with Gasteiger partial charge in [0.1, 0.15) is 5.82 Å². The molecule has 1 aliphatic rings. The van der Waals surface area contributed by atoms with Crippen molar-refractivity contribution >= 4 is 23.1 Å². The van der Waals surface area contributed by atoms with Crippen LogP contribution in [0.3, 0.4) is 0 Å². The quantitative estimate of drug-likeness (QED) is 0.853. The molecule has 0 amide bonds. The summed E-state index contributed by atoms with van der Waals surface area (Å²) in [6.45, 7) is 4.06. The molecule has 3 heterocycles. The second-order valence-electron chi connectivity index (χ2n) is 4.53. The predicted molar refractivity (Wildman–Crippen MR) is 77.7 cm³/mol. The number of carbonyl (C=O) groups excluding carboxylic acids is 1. The van der Waals surface area contributed by atoms with Crippen LogP contribution in [0.15, 0.2) is 35.0 Å². The van der Waals surface area contributed by atoms with Crippen molar-refractivity contribution in [1.82, 2.24) is 10.2 Å². The molecular formula is C14H15N3O2S. The number of carbonyl (C=O) groups is 1. The van der Waals surface area contributed by atoms with Crippen molar-refractivity contribution in [2.24, 2.45) is 0 Å². The molecule has 2 aromatic rings. The van der Waals surface area contributed by atoms with Gasteiger partial charge in [-0.3, -0.25) is 5.10 Å². The molecule has 0 aromatic carbocycles. The fourth-order valence-electron chi connectivity index (χ4n) is 2.47. The van der Waals surface area contributed by atoms with Gasteiger partial charge in [-0.15, -0.1) is 11.3 Å². The second-order valence-corrected chi connectivity index (χ2v) is 5.51. The van der Waals surface area contributed by atoms with Gasteiger partial charge in [0, 0.05) is 16.1 Å². The van der Waals surface area contributed by atoms with Gasteiger partial charge in [-0.25, -0.2) is 4.79 Å². The lowest BCUT2D eigenvalue weighted by Crippen LogP contribution is -2.23. The summed E-state index contributed by atoms with van der Waals surface area (Å²) in [6.07, 6.45) is 1.76. The molecule has 2 aromatic heterocycles. The Morgan fingerprint density at radius 1 is 1.55 bits per heavy atom. The second kappa shape index (κ2) is 5.13. The Bertz CT molecular complexity index is 658. The van der Waals surface area contributed by atoms with E-state index in [-0.39, 0.29) is 11.9 Å². The van der Waals surface area contributed by atoms with Gasteiger partial charge in [0.15, 0.2) is 0 Å². The van der Waals surface area contributed by atoms with Crippen LogP contribution >= 0.6 is 11.3 Å². The first kappa shape index (κ1) is 12.9. The number of allylic oxidation sites excluding steroid dienone is 1. The number of thiophene rings is 1. The van der Waals surface area contributed by atoms with Crippen molar-refractivity contribution in [2.45, 2.75) is 19.8 Å².